The van der Waals surface area contributed by atoms with Gasteiger partial charge in [0.05, 0.1) is 0 Å². The molecule has 1 saturated carbocycles. The van der Waals surface area contributed by atoms with Crippen molar-refractivity contribution in [1.82, 2.24) is 5.32 Å². The van der Waals surface area contributed by atoms with Crippen molar-refractivity contribution >= 4 is 11.8 Å². The fraction of sp³-hybridized carbons (Fsp3) is 0.692. The molecule has 3 rings (SSSR count). The lowest BCUT2D eigenvalue weighted by molar-refractivity contribution is -0.125. The molecular formula is C13H17NO2. The van der Waals surface area contributed by atoms with Crippen LogP contribution in [0, 0.1) is 11.3 Å². The number of hydrogen-bond acceptors (Lipinski definition) is 2. The maximum atomic E-state index is 11.8. The first kappa shape index (κ1) is 10.1. The van der Waals surface area contributed by atoms with Crippen molar-refractivity contribution in [3.63, 3.8) is 0 Å². The molecular weight excluding hydrogens is 202 g/mol. The molecule has 2 amide bonds. The zero-order chi connectivity index (χ0) is 11.3. The van der Waals surface area contributed by atoms with Gasteiger partial charge in [0.1, 0.15) is 0 Å². The monoisotopic (exact) mass is 219 g/mol. The fourth-order valence-electron chi connectivity index (χ4n) is 3.85. The molecule has 3 heteroatoms. The van der Waals surface area contributed by atoms with Gasteiger partial charge in [0, 0.05) is 16.6 Å². The first-order chi connectivity index (χ1) is 7.68. The molecule has 3 nitrogen and oxygen atoms in total. The summed E-state index contributed by atoms with van der Waals surface area (Å²) in [7, 11) is 0. The molecule has 2 bridgehead atoms. The third-order valence-electron chi connectivity index (χ3n) is 4.52. The fourth-order valence-corrected chi connectivity index (χ4v) is 3.85. The van der Waals surface area contributed by atoms with E-state index in [4.69, 9.17) is 0 Å². The molecule has 2 atom stereocenters. The van der Waals surface area contributed by atoms with E-state index in [2.05, 4.69) is 12.2 Å². The molecule has 3 aliphatic rings. The van der Waals surface area contributed by atoms with Crippen molar-refractivity contribution in [3.05, 3.63) is 11.1 Å². The van der Waals surface area contributed by atoms with Crippen molar-refractivity contribution in [3.8, 4) is 0 Å². The van der Waals surface area contributed by atoms with E-state index in [1.54, 1.807) is 0 Å². The van der Waals surface area contributed by atoms with Gasteiger partial charge in [-0.05, 0) is 31.6 Å². The highest BCUT2D eigenvalue weighted by molar-refractivity contribution is 6.21. The smallest absolute Gasteiger partial charge is 0.255 e. The molecule has 86 valence electrons. The van der Waals surface area contributed by atoms with Crippen LogP contribution in [0.5, 0.6) is 0 Å². The SMILES string of the molecule is CCCCC12CCC(C1)C1=C2C(=O)NC1=O. The highest BCUT2D eigenvalue weighted by atomic mass is 16.2. The molecule has 1 heterocycles. The van der Waals surface area contributed by atoms with E-state index in [9.17, 15) is 9.59 Å². The van der Waals surface area contributed by atoms with Crippen LogP contribution in [0.3, 0.4) is 0 Å². The quantitative estimate of drug-likeness (QED) is 0.737. The maximum absolute atomic E-state index is 11.8. The summed E-state index contributed by atoms with van der Waals surface area (Å²) in [6.45, 7) is 2.17. The summed E-state index contributed by atoms with van der Waals surface area (Å²) < 4.78 is 0. The van der Waals surface area contributed by atoms with E-state index in [-0.39, 0.29) is 17.2 Å². The molecule has 2 aliphatic carbocycles. The van der Waals surface area contributed by atoms with Crippen molar-refractivity contribution in [2.24, 2.45) is 11.3 Å². The van der Waals surface area contributed by atoms with E-state index in [0.717, 1.165) is 49.7 Å². The number of carbonyl (C=O) groups is 2. The number of fused-ring (bicyclic) bond motifs is 4. The van der Waals surface area contributed by atoms with Gasteiger partial charge in [-0.1, -0.05) is 19.8 Å². The summed E-state index contributed by atoms with van der Waals surface area (Å²) in [5.41, 5.74) is 1.77. The summed E-state index contributed by atoms with van der Waals surface area (Å²) in [4.78, 5) is 23.5. The van der Waals surface area contributed by atoms with Gasteiger partial charge in [-0.2, -0.15) is 0 Å². The second kappa shape index (κ2) is 3.19. The molecule has 1 aliphatic heterocycles. The molecule has 0 aromatic rings. The van der Waals surface area contributed by atoms with Gasteiger partial charge < -0.3 is 0 Å². The average molecular weight is 219 g/mol. The van der Waals surface area contributed by atoms with Crippen LogP contribution in [0.15, 0.2) is 11.1 Å². The van der Waals surface area contributed by atoms with E-state index in [1.807, 2.05) is 0 Å². The predicted molar refractivity (Wildman–Crippen MR) is 59.5 cm³/mol. The van der Waals surface area contributed by atoms with Gasteiger partial charge in [0.15, 0.2) is 0 Å². The number of imide groups is 1. The minimum Gasteiger partial charge on any atom is -0.289 e. The largest absolute Gasteiger partial charge is 0.289 e. The first-order valence-corrected chi connectivity index (χ1v) is 6.28. The van der Waals surface area contributed by atoms with Crippen molar-refractivity contribution in [2.75, 3.05) is 0 Å². The van der Waals surface area contributed by atoms with Crippen LogP contribution in [0.1, 0.15) is 45.4 Å². The summed E-state index contributed by atoms with van der Waals surface area (Å²) >= 11 is 0. The van der Waals surface area contributed by atoms with Crippen LogP contribution in [0.25, 0.3) is 0 Å². The summed E-state index contributed by atoms with van der Waals surface area (Å²) in [5, 5.41) is 2.47. The van der Waals surface area contributed by atoms with Gasteiger partial charge >= 0.3 is 0 Å². The minimum atomic E-state index is -0.108. The van der Waals surface area contributed by atoms with Gasteiger partial charge in [-0.25, -0.2) is 0 Å². The summed E-state index contributed by atoms with van der Waals surface area (Å²) in [6, 6.07) is 0. The third kappa shape index (κ3) is 1.09. The zero-order valence-corrected chi connectivity index (χ0v) is 9.64. The van der Waals surface area contributed by atoms with Gasteiger partial charge in [0.25, 0.3) is 11.8 Å². The van der Waals surface area contributed by atoms with Gasteiger partial charge in [0.2, 0.25) is 0 Å². The maximum Gasteiger partial charge on any atom is 0.255 e. The van der Waals surface area contributed by atoms with Crippen LogP contribution in [-0.4, -0.2) is 11.8 Å². The summed E-state index contributed by atoms with van der Waals surface area (Å²) in [6.07, 6.45) is 6.66. The number of nitrogens with one attached hydrogen (secondary N) is 1. The van der Waals surface area contributed by atoms with Crippen LogP contribution in [0.4, 0.5) is 0 Å². The van der Waals surface area contributed by atoms with Gasteiger partial charge in [-0.3, -0.25) is 14.9 Å². The molecule has 0 spiro atoms. The number of unbranched alkanes of at least 4 members (excludes halogenated alkanes) is 1. The van der Waals surface area contributed by atoms with E-state index in [1.165, 1.54) is 0 Å². The van der Waals surface area contributed by atoms with Gasteiger partial charge in [-0.15, -0.1) is 0 Å². The molecule has 0 aromatic heterocycles. The second-order valence-corrected chi connectivity index (χ2v) is 5.40. The lowest BCUT2D eigenvalue weighted by Gasteiger charge is -2.27. The Bertz CT molecular complexity index is 410. The molecule has 0 radical (unpaired) electrons. The lowest BCUT2D eigenvalue weighted by Crippen LogP contribution is -2.30. The topological polar surface area (TPSA) is 46.2 Å². The number of amides is 2. The lowest BCUT2D eigenvalue weighted by atomic mass is 9.75. The van der Waals surface area contributed by atoms with Crippen LogP contribution < -0.4 is 5.32 Å². The number of hydrogen-bond donors (Lipinski definition) is 1. The second-order valence-electron chi connectivity index (χ2n) is 5.40. The highest BCUT2D eigenvalue weighted by Gasteiger charge is 2.57. The van der Waals surface area contributed by atoms with E-state index >= 15 is 0 Å². The zero-order valence-electron chi connectivity index (χ0n) is 9.64. The normalized spacial score (nSPS) is 35.9. The molecule has 16 heavy (non-hydrogen) atoms. The summed E-state index contributed by atoms with van der Waals surface area (Å²) in [5.74, 6) is 0.166. The Morgan fingerprint density at radius 1 is 1.38 bits per heavy atom. The van der Waals surface area contributed by atoms with Crippen LogP contribution >= 0.6 is 0 Å². The predicted octanol–water partition coefficient (Wildman–Crippen LogP) is 1.93. The third-order valence-corrected chi connectivity index (χ3v) is 4.52. The highest BCUT2D eigenvalue weighted by Crippen LogP contribution is 2.60. The molecule has 1 N–H and O–H groups in total. The Morgan fingerprint density at radius 2 is 2.19 bits per heavy atom. The first-order valence-electron chi connectivity index (χ1n) is 6.28. The minimum absolute atomic E-state index is 0.0618. The standard InChI is InChI=1S/C13H17NO2/c1-2-3-5-13-6-4-8(7-13)9-10(13)12(16)14-11(9)15/h8H,2-7H2,1H3,(H,14,15,16). The van der Waals surface area contributed by atoms with Crippen LogP contribution in [-0.2, 0) is 9.59 Å². The van der Waals surface area contributed by atoms with E-state index in [0.29, 0.717) is 5.92 Å². The Morgan fingerprint density at radius 3 is 2.94 bits per heavy atom. The Kier molecular flexibility index (Phi) is 2.00. The van der Waals surface area contributed by atoms with E-state index < -0.39 is 0 Å². The average Bonchev–Trinajstić information content (AvgIpc) is 2.88. The van der Waals surface area contributed by atoms with Crippen molar-refractivity contribution < 1.29 is 9.59 Å². The molecule has 2 unspecified atom stereocenters. The molecule has 0 aromatic carbocycles. The Labute approximate surface area is 95.3 Å². The van der Waals surface area contributed by atoms with Crippen molar-refractivity contribution in [1.29, 1.82) is 0 Å². The van der Waals surface area contributed by atoms with Crippen LogP contribution in [0.2, 0.25) is 0 Å². The Balaban J connectivity index is 1.99. The molecule has 1 fully saturated rings. The van der Waals surface area contributed by atoms with Crippen molar-refractivity contribution in [2.45, 2.75) is 45.4 Å². The number of rotatable bonds is 3. The Hall–Kier alpha value is -1.12. The number of carbonyl (C=O) groups excluding carboxylic acids is 2. The molecule has 0 saturated heterocycles.